The number of carbonyl (C=O) groups excluding carboxylic acids is 1. The standard InChI is InChI=1S/C22H44O3Si/c1-6-7-8-9-10-12-15-18-21(25-26(3,4)5)19-16-13-11-14-17-20-22(23)24-2/h10,12,21H,6-9,11,13-20H2,1-5H3/b12-10+. The number of ether oxygens (including phenoxy) is 1. The second-order valence-corrected chi connectivity index (χ2v) is 12.7. The first kappa shape index (κ1) is 25.4. The van der Waals surface area contributed by atoms with E-state index >= 15 is 0 Å². The summed E-state index contributed by atoms with van der Waals surface area (Å²) in [7, 11) is -0.0202. The van der Waals surface area contributed by atoms with E-state index in [9.17, 15) is 4.79 Å². The molecule has 0 N–H and O–H groups in total. The van der Waals surface area contributed by atoms with Gasteiger partial charge in [-0.3, -0.25) is 4.79 Å². The first-order chi connectivity index (χ1) is 12.4. The van der Waals surface area contributed by atoms with E-state index in [-0.39, 0.29) is 5.97 Å². The minimum absolute atomic E-state index is 0.0867. The predicted molar refractivity (Wildman–Crippen MR) is 115 cm³/mol. The highest BCUT2D eigenvalue weighted by molar-refractivity contribution is 6.69. The molecule has 0 aromatic rings. The molecule has 0 aromatic heterocycles. The van der Waals surface area contributed by atoms with Crippen LogP contribution in [0.25, 0.3) is 0 Å². The molecule has 0 aliphatic heterocycles. The summed E-state index contributed by atoms with van der Waals surface area (Å²) in [6.07, 6.45) is 20.0. The second kappa shape index (κ2) is 16.6. The summed E-state index contributed by atoms with van der Waals surface area (Å²) in [5.74, 6) is -0.0867. The van der Waals surface area contributed by atoms with Gasteiger partial charge >= 0.3 is 5.97 Å². The van der Waals surface area contributed by atoms with Gasteiger partial charge in [-0.15, -0.1) is 0 Å². The molecule has 0 rings (SSSR count). The van der Waals surface area contributed by atoms with Gasteiger partial charge < -0.3 is 9.16 Å². The molecule has 4 heteroatoms. The lowest BCUT2D eigenvalue weighted by molar-refractivity contribution is -0.140. The zero-order valence-corrected chi connectivity index (χ0v) is 19.1. The van der Waals surface area contributed by atoms with Crippen LogP contribution in [0, 0.1) is 0 Å². The fourth-order valence-corrected chi connectivity index (χ4v) is 4.30. The smallest absolute Gasteiger partial charge is 0.305 e. The van der Waals surface area contributed by atoms with E-state index in [1.807, 2.05) is 0 Å². The van der Waals surface area contributed by atoms with Gasteiger partial charge in [-0.1, -0.05) is 57.6 Å². The molecule has 0 fully saturated rings. The number of unbranched alkanes of at least 4 members (excludes halogenated alkanes) is 7. The van der Waals surface area contributed by atoms with Gasteiger partial charge in [-0.25, -0.2) is 0 Å². The van der Waals surface area contributed by atoms with Gasteiger partial charge in [0.15, 0.2) is 8.32 Å². The number of methoxy groups -OCH3 is 1. The molecule has 0 amide bonds. The van der Waals surface area contributed by atoms with Crippen LogP contribution in [0.5, 0.6) is 0 Å². The number of carbonyl (C=O) groups is 1. The van der Waals surface area contributed by atoms with Crippen molar-refractivity contribution in [3.63, 3.8) is 0 Å². The molecule has 0 saturated heterocycles. The fourth-order valence-electron chi connectivity index (χ4n) is 3.07. The van der Waals surface area contributed by atoms with Crippen molar-refractivity contribution in [1.82, 2.24) is 0 Å². The molecule has 0 aliphatic rings. The van der Waals surface area contributed by atoms with Crippen LogP contribution in [0.4, 0.5) is 0 Å². The first-order valence-electron chi connectivity index (χ1n) is 10.8. The molecule has 1 unspecified atom stereocenters. The lowest BCUT2D eigenvalue weighted by Crippen LogP contribution is -2.32. The number of allylic oxidation sites excluding steroid dienone is 2. The zero-order chi connectivity index (χ0) is 19.7. The summed E-state index contributed by atoms with van der Waals surface area (Å²) < 4.78 is 11.1. The maximum absolute atomic E-state index is 11.1. The summed E-state index contributed by atoms with van der Waals surface area (Å²) in [5, 5.41) is 0. The number of esters is 1. The quantitative estimate of drug-likeness (QED) is 0.117. The van der Waals surface area contributed by atoms with Crippen molar-refractivity contribution in [2.75, 3.05) is 7.11 Å². The molecule has 0 aromatic carbocycles. The molecule has 0 spiro atoms. The van der Waals surface area contributed by atoms with Crippen LogP contribution in [0.15, 0.2) is 12.2 Å². The summed E-state index contributed by atoms with van der Waals surface area (Å²) in [5.41, 5.74) is 0. The Kier molecular flexibility index (Phi) is 16.2. The predicted octanol–water partition coefficient (Wildman–Crippen LogP) is 7.03. The normalized spacial score (nSPS) is 13.3. The van der Waals surface area contributed by atoms with Gasteiger partial charge in [0.1, 0.15) is 0 Å². The van der Waals surface area contributed by atoms with Gasteiger partial charge in [0.2, 0.25) is 0 Å². The third-order valence-electron chi connectivity index (χ3n) is 4.45. The Morgan fingerprint density at radius 2 is 1.54 bits per heavy atom. The average molecular weight is 385 g/mol. The molecule has 1 atom stereocenters. The van der Waals surface area contributed by atoms with Crippen molar-refractivity contribution in [3.8, 4) is 0 Å². The largest absolute Gasteiger partial charge is 0.469 e. The Morgan fingerprint density at radius 1 is 0.885 bits per heavy atom. The molecule has 26 heavy (non-hydrogen) atoms. The van der Waals surface area contributed by atoms with Crippen molar-refractivity contribution < 1.29 is 14.0 Å². The molecule has 0 radical (unpaired) electrons. The van der Waals surface area contributed by atoms with Crippen LogP contribution in [0.3, 0.4) is 0 Å². The Balaban J connectivity index is 3.91. The molecule has 0 bridgehead atoms. The first-order valence-corrected chi connectivity index (χ1v) is 14.2. The van der Waals surface area contributed by atoms with E-state index in [1.165, 1.54) is 58.5 Å². The van der Waals surface area contributed by atoms with Crippen molar-refractivity contribution in [2.45, 2.75) is 116 Å². The maximum atomic E-state index is 11.1. The van der Waals surface area contributed by atoms with Gasteiger partial charge in [-0.2, -0.15) is 0 Å². The lowest BCUT2D eigenvalue weighted by Gasteiger charge is -2.26. The van der Waals surface area contributed by atoms with Gasteiger partial charge in [0, 0.05) is 12.5 Å². The summed E-state index contributed by atoms with van der Waals surface area (Å²) in [6, 6.07) is 0. The van der Waals surface area contributed by atoms with Crippen molar-refractivity contribution in [2.24, 2.45) is 0 Å². The SMILES string of the molecule is CCCCC/C=C/CCC(CCCCCCCC(=O)OC)O[Si](C)(C)C. The topological polar surface area (TPSA) is 35.5 Å². The molecule has 0 saturated carbocycles. The minimum atomic E-state index is -1.48. The molecular weight excluding hydrogens is 340 g/mol. The molecular formula is C22H44O3Si. The Bertz CT molecular complexity index is 361. The molecule has 3 nitrogen and oxygen atoms in total. The highest BCUT2D eigenvalue weighted by Crippen LogP contribution is 2.19. The van der Waals surface area contributed by atoms with Crippen LogP contribution in [0.1, 0.15) is 90.4 Å². The summed E-state index contributed by atoms with van der Waals surface area (Å²) in [4.78, 5) is 11.1. The van der Waals surface area contributed by atoms with Crippen LogP contribution in [0.2, 0.25) is 19.6 Å². The van der Waals surface area contributed by atoms with Crippen molar-refractivity contribution >= 4 is 14.3 Å². The van der Waals surface area contributed by atoms with E-state index in [0.717, 1.165) is 25.7 Å². The van der Waals surface area contributed by atoms with E-state index in [4.69, 9.17) is 4.43 Å². The summed E-state index contributed by atoms with van der Waals surface area (Å²) in [6.45, 7) is 9.11. The number of hydrogen-bond acceptors (Lipinski definition) is 3. The van der Waals surface area contributed by atoms with E-state index in [1.54, 1.807) is 0 Å². The minimum Gasteiger partial charge on any atom is -0.469 e. The van der Waals surface area contributed by atoms with Gasteiger partial charge in [0.25, 0.3) is 0 Å². The van der Waals surface area contributed by atoms with Crippen LogP contribution in [-0.4, -0.2) is 27.5 Å². The maximum Gasteiger partial charge on any atom is 0.305 e. The average Bonchev–Trinajstić information content (AvgIpc) is 2.58. The Hall–Kier alpha value is -0.613. The number of rotatable bonds is 17. The van der Waals surface area contributed by atoms with Crippen molar-refractivity contribution in [3.05, 3.63) is 12.2 Å². The van der Waals surface area contributed by atoms with Crippen molar-refractivity contribution in [1.29, 1.82) is 0 Å². The van der Waals surface area contributed by atoms with Crippen LogP contribution in [-0.2, 0) is 14.0 Å². The lowest BCUT2D eigenvalue weighted by atomic mass is 10.0. The zero-order valence-electron chi connectivity index (χ0n) is 18.1. The number of hydrogen-bond donors (Lipinski definition) is 0. The highest BCUT2D eigenvalue weighted by Gasteiger charge is 2.20. The van der Waals surface area contributed by atoms with Crippen LogP contribution < -0.4 is 0 Å². The summed E-state index contributed by atoms with van der Waals surface area (Å²) >= 11 is 0. The van der Waals surface area contributed by atoms with Gasteiger partial charge in [-0.05, 0) is 58.2 Å². The Labute approximate surface area is 164 Å². The fraction of sp³-hybridized carbons (Fsp3) is 0.864. The van der Waals surface area contributed by atoms with E-state index < -0.39 is 8.32 Å². The third-order valence-corrected chi connectivity index (χ3v) is 5.49. The second-order valence-electron chi connectivity index (χ2n) is 8.28. The molecule has 154 valence electrons. The monoisotopic (exact) mass is 384 g/mol. The molecule has 0 aliphatic carbocycles. The third kappa shape index (κ3) is 18.2. The highest BCUT2D eigenvalue weighted by atomic mass is 28.4. The molecule has 0 heterocycles. The van der Waals surface area contributed by atoms with E-state index in [0.29, 0.717) is 12.5 Å². The van der Waals surface area contributed by atoms with Crippen LogP contribution >= 0.6 is 0 Å². The Morgan fingerprint density at radius 3 is 2.19 bits per heavy atom. The van der Waals surface area contributed by atoms with E-state index in [2.05, 4.69) is 43.5 Å². The van der Waals surface area contributed by atoms with Gasteiger partial charge in [0.05, 0.1) is 7.11 Å².